The molecule has 0 saturated carbocycles. The van der Waals surface area contributed by atoms with Crippen molar-refractivity contribution < 1.29 is 17.4 Å². The Morgan fingerprint density at radius 2 is 1.82 bits per heavy atom. The number of rotatable bonds is 7. The minimum atomic E-state index is -3.55. The minimum absolute atomic E-state index is 0.0663. The smallest absolute Gasteiger partial charge is 0.274 e. The third-order valence-electron chi connectivity index (χ3n) is 3.83. The van der Waals surface area contributed by atoms with E-state index in [-0.39, 0.29) is 18.9 Å². The van der Waals surface area contributed by atoms with Crippen LogP contribution in [0.5, 0.6) is 0 Å². The summed E-state index contributed by atoms with van der Waals surface area (Å²) in [6, 6.07) is 16.7. The van der Waals surface area contributed by atoms with E-state index in [2.05, 4.69) is 33.0 Å². The number of benzene rings is 2. The van der Waals surface area contributed by atoms with E-state index in [1.165, 1.54) is 4.68 Å². The molecule has 0 unspecified atom stereocenters. The maximum atomic E-state index is 13.0. The first-order chi connectivity index (χ1) is 13.3. The highest BCUT2D eigenvalue weighted by Gasteiger charge is 2.20. The van der Waals surface area contributed by atoms with E-state index >= 15 is 0 Å². The normalized spacial score (nSPS) is 11.4. The van der Waals surface area contributed by atoms with Crippen LogP contribution in [0.15, 0.2) is 60.8 Å². The van der Waals surface area contributed by atoms with E-state index in [9.17, 15) is 13.2 Å². The van der Waals surface area contributed by atoms with Gasteiger partial charge in [-0.05, 0) is 59.0 Å². The van der Waals surface area contributed by atoms with E-state index in [4.69, 9.17) is 4.18 Å². The summed E-state index contributed by atoms with van der Waals surface area (Å²) in [6.45, 7) is -0.0663. The van der Waals surface area contributed by atoms with E-state index in [1.807, 2.05) is 54.6 Å². The summed E-state index contributed by atoms with van der Waals surface area (Å²) in [5.74, 6) is -0.336. The summed E-state index contributed by atoms with van der Waals surface area (Å²) in [6.07, 6.45) is 2.78. The van der Waals surface area contributed by atoms with Gasteiger partial charge in [-0.25, -0.2) is 4.68 Å². The summed E-state index contributed by atoms with van der Waals surface area (Å²) in [5, 5.41) is 7.19. The Labute approximate surface area is 177 Å². The number of carbonyl (C=O) groups is 1. The summed E-state index contributed by atoms with van der Waals surface area (Å²) >= 11 is 2.19. The van der Waals surface area contributed by atoms with Crippen molar-refractivity contribution >= 4 is 44.3 Å². The molecule has 9 heteroatoms. The Morgan fingerprint density at radius 1 is 1.14 bits per heavy atom. The van der Waals surface area contributed by atoms with Crippen molar-refractivity contribution in [2.45, 2.75) is 6.42 Å². The fourth-order valence-corrected chi connectivity index (χ4v) is 3.34. The highest BCUT2D eigenvalue weighted by molar-refractivity contribution is 14.1. The van der Waals surface area contributed by atoms with Gasteiger partial charge in [-0.1, -0.05) is 18.2 Å². The third kappa shape index (κ3) is 5.40. The molecule has 3 rings (SSSR count). The Bertz CT molecular complexity index is 1060. The molecule has 146 valence electrons. The van der Waals surface area contributed by atoms with Gasteiger partial charge in [0, 0.05) is 21.2 Å². The third-order valence-corrected chi connectivity index (χ3v) is 5.15. The molecule has 2 aromatic carbocycles. The number of halogens is 1. The van der Waals surface area contributed by atoms with E-state index < -0.39 is 10.1 Å². The number of aromatic nitrogens is 2. The first kappa shape index (κ1) is 20.5. The average Bonchev–Trinajstić information content (AvgIpc) is 3.07. The Kier molecular flexibility index (Phi) is 6.47. The molecule has 1 aromatic heterocycles. The van der Waals surface area contributed by atoms with Gasteiger partial charge in [-0.3, -0.25) is 8.98 Å². The van der Waals surface area contributed by atoms with Crippen LogP contribution in [0.2, 0.25) is 0 Å². The van der Waals surface area contributed by atoms with Crippen molar-refractivity contribution in [3.63, 3.8) is 0 Å². The van der Waals surface area contributed by atoms with Gasteiger partial charge in [0.2, 0.25) is 0 Å². The molecule has 1 N–H and O–H groups in total. The van der Waals surface area contributed by atoms with Crippen molar-refractivity contribution in [2.75, 3.05) is 18.2 Å². The lowest BCUT2D eigenvalue weighted by molar-refractivity contribution is 0.101. The van der Waals surface area contributed by atoms with Crippen LogP contribution < -0.4 is 5.32 Å². The lowest BCUT2D eigenvalue weighted by Crippen LogP contribution is -2.19. The summed E-state index contributed by atoms with van der Waals surface area (Å²) < 4.78 is 29.8. The summed E-state index contributed by atoms with van der Waals surface area (Å²) in [4.78, 5) is 13.0. The van der Waals surface area contributed by atoms with Crippen molar-refractivity contribution in [3.05, 3.63) is 75.6 Å². The van der Waals surface area contributed by atoms with E-state index in [1.54, 1.807) is 6.20 Å². The van der Waals surface area contributed by atoms with Gasteiger partial charge in [0.05, 0.1) is 24.7 Å². The fraction of sp³-hybridized carbons (Fsp3) is 0.158. The van der Waals surface area contributed by atoms with Crippen LogP contribution in [-0.2, 0) is 20.7 Å². The van der Waals surface area contributed by atoms with Crippen LogP contribution in [0.1, 0.15) is 16.1 Å². The van der Waals surface area contributed by atoms with Gasteiger partial charge in [-0.2, -0.15) is 13.5 Å². The molecule has 1 amide bonds. The van der Waals surface area contributed by atoms with Gasteiger partial charge in [0.25, 0.3) is 16.0 Å². The molecule has 7 nitrogen and oxygen atoms in total. The molecular weight excluding hydrogens is 493 g/mol. The van der Waals surface area contributed by atoms with Crippen molar-refractivity contribution in [1.82, 2.24) is 9.78 Å². The summed E-state index contributed by atoms with van der Waals surface area (Å²) in [5.41, 5.74) is 2.31. The molecule has 0 radical (unpaired) electrons. The fourth-order valence-electron chi connectivity index (χ4n) is 2.60. The molecule has 3 aromatic rings. The SMILES string of the molecule is CS(=O)(=O)OCCc1cnn(-c2ccccc2)c1C(=O)Nc1ccc(I)cc1. The average molecular weight is 511 g/mol. The van der Waals surface area contributed by atoms with Crippen molar-refractivity contribution in [1.29, 1.82) is 0 Å². The molecule has 0 spiro atoms. The maximum Gasteiger partial charge on any atom is 0.274 e. The number of amides is 1. The summed E-state index contributed by atoms with van der Waals surface area (Å²) in [7, 11) is -3.55. The molecule has 28 heavy (non-hydrogen) atoms. The second kappa shape index (κ2) is 8.84. The number of carbonyl (C=O) groups excluding carboxylic acids is 1. The standard InChI is InChI=1S/C19H18IN3O4S/c1-28(25,26)27-12-11-14-13-21-23(17-5-3-2-4-6-17)18(14)19(24)22-16-9-7-15(20)8-10-16/h2-10,13H,11-12H2,1H3,(H,22,24). The highest BCUT2D eigenvalue weighted by atomic mass is 127. The number of hydrogen-bond donors (Lipinski definition) is 1. The Balaban J connectivity index is 1.91. The van der Waals surface area contributed by atoms with Gasteiger partial charge >= 0.3 is 0 Å². The van der Waals surface area contributed by atoms with Crippen LogP contribution in [0.25, 0.3) is 5.69 Å². The molecule has 0 saturated heterocycles. The van der Waals surface area contributed by atoms with Crippen LogP contribution in [0.3, 0.4) is 0 Å². The van der Waals surface area contributed by atoms with Crippen LogP contribution in [-0.4, -0.2) is 37.0 Å². The highest BCUT2D eigenvalue weighted by Crippen LogP contribution is 2.19. The topological polar surface area (TPSA) is 90.3 Å². The Hall–Kier alpha value is -2.24. The zero-order valence-electron chi connectivity index (χ0n) is 15.0. The molecule has 0 bridgehead atoms. The van der Waals surface area contributed by atoms with Crippen LogP contribution in [0.4, 0.5) is 5.69 Å². The number of nitrogens with zero attached hydrogens (tertiary/aromatic N) is 2. The minimum Gasteiger partial charge on any atom is -0.321 e. The zero-order chi connectivity index (χ0) is 20.1. The van der Waals surface area contributed by atoms with E-state index in [0.717, 1.165) is 15.5 Å². The second-order valence-electron chi connectivity index (χ2n) is 6.00. The predicted molar refractivity (Wildman–Crippen MR) is 115 cm³/mol. The maximum absolute atomic E-state index is 13.0. The lowest BCUT2D eigenvalue weighted by atomic mass is 10.1. The first-order valence-electron chi connectivity index (χ1n) is 8.37. The Morgan fingerprint density at radius 3 is 2.46 bits per heavy atom. The molecule has 0 aliphatic rings. The van der Waals surface area contributed by atoms with Gasteiger partial charge in [0.1, 0.15) is 5.69 Å². The van der Waals surface area contributed by atoms with Crippen molar-refractivity contribution in [2.24, 2.45) is 0 Å². The van der Waals surface area contributed by atoms with Crippen LogP contribution >= 0.6 is 22.6 Å². The molecule has 1 heterocycles. The van der Waals surface area contributed by atoms with Gasteiger partial charge in [-0.15, -0.1) is 0 Å². The largest absolute Gasteiger partial charge is 0.321 e. The molecule has 0 fully saturated rings. The number of anilines is 1. The molecule has 0 atom stereocenters. The van der Waals surface area contributed by atoms with Gasteiger partial charge in [0.15, 0.2) is 0 Å². The molecule has 0 aliphatic heterocycles. The number of nitrogens with one attached hydrogen (secondary N) is 1. The monoisotopic (exact) mass is 511 g/mol. The first-order valence-corrected chi connectivity index (χ1v) is 11.3. The molecular formula is C19H18IN3O4S. The van der Waals surface area contributed by atoms with Gasteiger partial charge < -0.3 is 5.32 Å². The predicted octanol–water partition coefficient (Wildman–Crippen LogP) is 3.25. The lowest BCUT2D eigenvalue weighted by Gasteiger charge is -2.11. The van der Waals surface area contributed by atoms with E-state index in [0.29, 0.717) is 16.9 Å². The zero-order valence-corrected chi connectivity index (χ0v) is 18.0. The number of hydrogen-bond acceptors (Lipinski definition) is 5. The van der Waals surface area contributed by atoms with Crippen molar-refractivity contribution in [3.8, 4) is 5.69 Å². The quantitative estimate of drug-likeness (QED) is 0.389. The van der Waals surface area contributed by atoms with Crippen LogP contribution in [0, 0.1) is 3.57 Å². The second-order valence-corrected chi connectivity index (χ2v) is 8.89. The number of para-hydroxylation sites is 1. The molecule has 0 aliphatic carbocycles.